The normalized spacial score (nSPS) is 39.1. The highest BCUT2D eigenvalue weighted by Gasteiger charge is 2.40. The molecule has 0 amide bonds. The molecule has 20 heavy (non-hydrogen) atoms. The number of hydrogen-bond acceptors (Lipinski definition) is 3. The predicted molar refractivity (Wildman–Crippen MR) is 82.8 cm³/mol. The van der Waals surface area contributed by atoms with Crippen molar-refractivity contribution in [1.29, 1.82) is 0 Å². The largest absolute Gasteiger partial charge is 0.386 e. The van der Waals surface area contributed by atoms with Gasteiger partial charge in [0.2, 0.25) is 0 Å². The number of hydrogen-bond donors (Lipinski definition) is 2. The van der Waals surface area contributed by atoms with Crippen molar-refractivity contribution in [2.45, 2.75) is 84.0 Å². The first-order valence-electron chi connectivity index (χ1n) is 8.45. The minimum Gasteiger partial charge on any atom is -0.386 e. The van der Waals surface area contributed by atoms with Gasteiger partial charge in [-0.1, -0.05) is 27.2 Å². The summed E-state index contributed by atoms with van der Waals surface area (Å²) in [7, 11) is 0. The molecule has 0 aromatic rings. The Morgan fingerprint density at radius 1 is 1.25 bits per heavy atom. The second-order valence-corrected chi connectivity index (χ2v) is 7.64. The molecule has 2 aliphatic rings. The maximum Gasteiger partial charge on any atom is 0.105 e. The van der Waals surface area contributed by atoms with Crippen LogP contribution in [0.2, 0.25) is 0 Å². The van der Waals surface area contributed by atoms with E-state index in [1.54, 1.807) is 0 Å². The number of rotatable bonds is 5. The van der Waals surface area contributed by atoms with Crippen LogP contribution in [0, 0.1) is 11.3 Å². The summed E-state index contributed by atoms with van der Waals surface area (Å²) < 4.78 is 5.49. The molecule has 0 aromatic carbocycles. The fourth-order valence-electron chi connectivity index (χ4n) is 3.69. The molecule has 0 radical (unpaired) electrons. The zero-order valence-electron chi connectivity index (χ0n) is 13.7. The Bertz CT molecular complexity index is 310. The zero-order valence-corrected chi connectivity index (χ0v) is 13.7. The second-order valence-electron chi connectivity index (χ2n) is 7.64. The standard InChI is InChI=1S/C17H33NO2/c1-5-16(3,4)14-6-8-15(9-7-14)18-12-17(19)10-11-20-13(17)2/h13-15,18-19H,5-12H2,1-4H3. The SMILES string of the molecule is CCC(C)(C)C1CCC(NCC2(O)CCOC2C)CC1. The van der Waals surface area contributed by atoms with Crippen molar-refractivity contribution in [3.8, 4) is 0 Å². The van der Waals surface area contributed by atoms with Crippen LogP contribution in [0.1, 0.15) is 66.2 Å². The maximum atomic E-state index is 10.5. The minimum absolute atomic E-state index is 0.0367. The molecule has 0 aromatic heterocycles. The van der Waals surface area contributed by atoms with Crippen LogP contribution >= 0.6 is 0 Å². The lowest BCUT2D eigenvalue weighted by Crippen LogP contribution is -2.49. The van der Waals surface area contributed by atoms with Crippen LogP contribution in [0.25, 0.3) is 0 Å². The van der Waals surface area contributed by atoms with Gasteiger partial charge in [-0.3, -0.25) is 0 Å². The van der Waals surface area contributed by atoms with Crippen LogP contribution in [0.4, 0.5) is 0 Å². The summed E-state index contributed by atoms with van der Waals surface area (Å²) in [5.74, 6) is 0.863. The smallest absolute Gasteiger partial charge is 0.105 e. The second kappa shape index (κ2) is 6.33. The van der Waals surface area contributed by atoms with Gasteiger partial charge in [-0.05, 0) is 43.9 Å². The van der Waals surface area contributed by atoms with E-state index in [4.69, 9.17) is 4.74 Å². The van der Waals surface area contributed by atoms with E-state index in [-0.39, 0.29) is 6.10 Å². The van der Waals surface area contributed by atoms with Gasteiger partial charge in [0.15, 0.2) is 0 Å². The molecular weight excluding hydrogens is 250 g/mol. The lowest BCUT2D eigenvalue weighted by molar-refractivity contribution is -0.0289. The molecular formula is C17H33NO2. The van der Waals surface area contributed by atoms with Crippen LogP contribution in [-0.4, -0.2) is 36.0 Å². The Kier molecular flexibility index (Phi) is 5.14. The molecule has 1 saturated carbocycles. The highest BCUT2D eigenvalue weighted by Crippen LogP contribution is 2.40. The molecule has 2 fully saturated rings. The highest BCUT2D eigenvalue weighted by atomic mass is 16.5. The van der Waals surface area contributed by atoms with Gasteiger partial charge >= 0.3 is 0 Å². The maximum absolute atomic E-state index is 10.5. The fourth-order valence-corrected chi connectivity index (χ4v) is 3.69. The summed E-state index contributed by atoms with van der Waals surface area (Å²) >= 11 is 0. The zero-order chi connectivity index (χ0) is 14.8. The molecule has 3 nitrogen and oxygen atoms in total. The van der Waals surface area contributed by atoms with Gasteiger partial charge in [0.05, 0.1) is 6.10 Å². The molecule has 2 unspecified atom stereocenters. The van der Waals surface area contributed by atoms with Gasteiger partial charge in [-0.2, -0.15) is 0 Å². The van der Waals surface area contributed by atoms with E-state index in [0.717, 1.165) is 12.3 Å². The summed E-state index contributed by atoms with van der Waals surface area (Å²) in [6.07, 6.45) is 7.14. The molecule has 2 rings (SSSR count). The molecule has 0 spiro atoms. The molecule has 0 bridgehead atoms. The molecule has 2 N–H and O–H groups in total. The quantitative estimate of drug-likeness (QED) is 0.814. The van der Waals surface area contributed by atoms with Gasteiger partial charge in [0, 0.05) is 25.6 Å². The van der Waals surface area contributed by atoms with Crippen LogP contribution < -0.4 is 5.32 Å². The summed E-state index contributed by atoms with van der Waals surface area (Å²) in [6, 6.07) is 0.579. The Labute approximate surface area is 124 Å². The van der Waals surface area contributed by atoms with Crippen LogP contribution in [-0.2, 0) is 4.74 Å². The summed E-state index contributed by atoms with van der Waals surface area (Å²) in [4.78, 5) is 0. The monoisotopic (exact) mass is 283 g/mol. The Morgan fingerprint density at radius 3 is 2.40 bits per heavy atom. The van der Waals surface area contributed by atoms with Crippen molar-refractivity contribution in [3.63, 3.8) is 0 Å². The van der Waals surface area contributed by atoms with Gasteiger partial charge in [-0.15, -0.1) is 0 Å². The molecule has 1 aliphatic carbocycles. The van der Waals surface area contributed by atoms with E-state index >= 15 is 0 Å². The van der Waals surface area contributed by atoms with Crippen LogP contribution in [0.5, 0.6) is 0 Å². The Morgan fingerprint density at radius 2 is 1.90 bits per heavy atom. The molecule has 1 heterocycles. The Balaban J connectivity index is 1.75. The molecule has 1 aliphatic heterocycles. The van der Waals surface area contributed by atoms with Crippen LogP contribution in [0.3, 0.4) is 0 Å². The van der Waals surface area contributed by atoms with E-state index < -0.39 is 5.60 Å². The lowest BCUT2D eigenvalue weighted by Gasteiger charge is -2.40. The van der Waals surface area contributed by atoms with Gasteiger partial charge in [0.25, 0.3) is 0 Å². The van der Waals surface area contributed by atoms with E-state index in [0.29, 0.717) is 24.6 Å². The summed E-state index contributed by atoms with van der Waals surface area (Å²) in [5.41, 5.74) is -0.170. The van der Waals surface area contributed by atoms with E-state index in [2.05, 4.69) is 26.1 Å². The van der Waals surface area contributed by atoms with E-state index in [1.807, 2.05) is 6.92 Å². The number of aliphatic hydroxyl groups is 1. The topological polar surface area (TPSA) is 41.5 Å². The Hall–Kier alpha value is -0.120. The van der Waals surface area contributed by atoms with Crippen LogP contribution in [0.15, 0.2) is 0 Å². The third kappa shape index (κ3) is 3.55. The average molecular weight is 283 g/mol. The third-order valence-electron chi connectivity index (χ3n) is 6.10. The molecule has 1 saturated heterocycles. The van der Waals surface area contributed by atoms with Crippen molar-refractivity contribution in [2.24, 2.45) is 11.3 Å². The molecule has 3 heteroatoms. The van der Waals surface area contributed by atoms with E-state index in [9.17, 15) is 5.11 Å². The van der Waals surface area contributed by atoms with Gasteiger partial charge in [0.1, 0.15) is 5.60 Å². The number of ether oxygens (including phenoxy) is 1. The first-order chi connectivity index (χ1) is 9.37. The summed E-state index contributed by atoms with van der Waals surface area (Å²) in [6.45, 7) is 10.5. The first kappa shape index (κ1) is 16.3. The van der Waals surface area contributed by atoms with E-state index in [1.165, 1.54) is 32.1 Å². The molecule has 2 atom stereocenters. The molecule has 118 valence electrons. The van der Waals surface area contributed by atoms with Gasteiger partial charge in [-0.25, -0.2) is 0 Å². The van der Waals surface area contributed by atoms with Crippen molar-refractivity contribution < 1.29 is 9.84 Å². The third-order valence-corrected chi connectivity index (χ3v) is 6.10. The van der Waals surface area contributed by atoms with Crippen molar-refractivity contribution in [3.05, 3.63) is 0 Å². The highest BCUT2D eigenvalue weighted by molar-refractivity contribution is 4.93. The average Bonchev–Trinajstić information content (AvgIpc) is 2.77. The summed E-state index contributed by atoms with van der Waals surface area (Å²) in [5, 5.41) is 14.1. The van der Waals surface area contributed by atoms with Crippen molar-refractivity contribution in [1.82, 2.24) is 5.32 Å². The van der Waals surface area contributed by atoms with Gasteiger partial charge < -0.3 is 15.2 Å². The lowest BCUT2D eigenvalue weighted by atomic mass is 9.69. The first-order valence-corrected chi connectivity index (χ1v) is 8.45. The predicted octanol–water partition coefficient (Wildman–Crippen LogP) is 3.11. The fraction of sp³-hybridized carbons (Fsp3) is 1.00. The minimum atomic E-state index is -0.653. The number of nitrogens with one attached hydrogen (secondary N) is 1. The van der Waals surface area contributed by atoms with Crippen molar-refractivity contribution >= 4 is 0 Å². The van der Waals surface area contributed by atoms with Crippen molar-refractivity contribution in [2.75, 3.05) is 13.2 Å².